The number of fused-ring (bicyclic) bond motifs is 1. The molecule has 0 aromatic carbocycles. The molecule has 0 unspecified atom stereocenters. The Morgan fingerprint density at radius 3 is 2.30 bits per heavy atom. The van der Waals surface area contributed by atoms with Gasteiger partial charge in [-0.2, -0.15) is 13.2 Å². The van der Waals surface area contributed by atoms with Crippen molar-refractivity contribution in [3.05, 3.63) is 28.0 Å². The Balaban J connectivity index is 0.000000383. The van der Waals surface area contributed by atoms with E-state index >= 15 is 0 Å². The number of carbonyl (C=O) groups is 2. The molecule has 10 nitrogen and oxygen atoms in total. The number of aliphatic carboxylic acids is 1. The zero-order valence-electron chi connectivity index (χ0n) is 18.6. The molecule has 4 rings (SSSR count). The van der Waals surface area contributed by atoms with Crippen LogP contribution in [0.15, 0.2) is 15.5 Å². The summed E-state index contributed by atoms with van der Waals surface area (Å²) in [7, 11) is 1.63. The monoisotopic (exact) mass is 473 g/mol. The molecule has 0 saturated carbocycles. The lowest BCUT2D eigenvalue weighted by molar-refractivity contribution is -0.192. The second kappa shape index (κ2) is 9.51. The number of alkyl halides is 3. The number of amides is 1. The van der Waals surface area contributed by atoms with Gasteiger partial charge in [0.05, 0.1) is 5.56 Å². The largest absolute Gasteiger partial charge is 0.490 e. The Hall–Kier alpha value is -2.93. The maximum atomic E-state index is 13.0. The Labute approximate surface area is 187 Å². The average Bonchev–Trinajstić information content (AvgIpc) is 3.06. The molecule has 2 aromatic rings. The normalized spacial score (nSPS) is 18.1. The fraction of sp³-hybridized carbons (Fsp3) is 0.600. The van der Waals surface area contributed by atoms with Gasteiger partial charge in [-0.05, 0) is 13.5 Å². The smallest absolute Gasteiger partial charge is 0.475 e. The fourth-order valence-corrected chi connectivity index (χ4v) is 3.90. The lowest BCUT2D eigenvalue weighted by atomic mass is 10.0. The molecule has 4 heterocycles. The number of carboxylic acid groups (broad SMARTS) is 1. The zero-order valence-corrected chi connectivity index (χ0v) is 18.6. The van der Waals surface area contributed by atoms with Gasteiger partial charge in [0, 0.05) is 52.4 Å². The van der Waals surface area contributed by atoms with E-state index in [9.17, 15) is 22.8 Å². The number of aromatic nitrogens is 2. The average molecular weight is 473 g/mol. The molecule has 1 amide bonds. The van der Waals surface area contributed by atoms with Crippen molar-refractivity contribution in [2.75, 3.05) is 45.8 Å². The quantitative estimate of drug-likeness (QED) is 0.701. The predicted octanol–water partition coefficient (Wildman–Crippen LogP) is 0.930. The summed E-state index contributed by atoms with van der Waals surface area (Å²) in [6.45, 7) is 10.7. The molecule has 2 saturated heterocycles. The molecule has 0 bridgehead atoms. The Morgan fingerprint density at radius 1 is 1.21 bits per heavy atom. The molecule has 0 aliphatic carbocycles. The van der Waals surface area contributed by atoms with Crippen molar-refractivity contribution in [3.63, 3.8) is 0 Å². The number of rotatable bonds is 3. The van der Waals surface area contributed by atoms with Crippen LogP contribution in [0, 0.1) is 6.92 Å². The standard InChI is InChI=1S/C18H25N5O3.C2HF3O2/c1-4-21-5-7-22(8-6-21)13-9-23(10-13)18(25)14-12(2)26-16-15(14)17(24)20(3)11-19-16;3-2(4,5)1(6)7/h11,13H,4-10H2,1-3H3;(H,6,7). The highest BCUT2D eigenvalue weighted by atomic mass is 19.4. The summed E-state index contributed by atoms with van der Waals surface area (Å²) >= 11 is 0. The number of hydrogen-bond donors (Lipinski definition) is 1. The maximum Gasteiger partial charge on any atom is 0.490 e. The molecule has 2 aromatic heterocycles. The van der Waals surface area contributed by atoms with Crippen LogP contribution in [0.2, 0.25) is 0 Å². The van der Waals surface area contributed by atoms with Crippen LogP contribution in [-0.4, -0.2) is 99.3 Å². The van der Waals surface area contributed by atoms with Crippen LogP contribution in [0.3, 0.4) is 0 Å². The molecule has 0 spiro atoms. The third-order valence-electron chi connectivity index (χ3n) is 5.92. The number of nitrogens with zero attached hydrogens (tertiary/aromatic N) is 5. The summed E-state index contributed by atoms with van der Waals surface area (Å²) in [4.78, 5) is 45.2. The van der Waals surface area contributed by atoms with Crippen LogP contribution in [-0.2, 0) is 11.8 Å². The first kappa shape index (κ1) is 24.7. The van der Waals surface area contributed by atoms with Crippen molar-refractivity contribution in [1.82, 2.24) is 24.3 Å². The van der Waals surface area contributed by atoms with E-state index in [1.807, 2.05) is 0 Å². The summed E-state index contributed by atoms with van der Waals surface area (Å²) in [5.41, 5.74) is 0.354. The minimum Gasteiger partial charge on any atom is -0.475 e. The molecule has 0 atom stereocenters. The van der Waals surface area contributed by atoms with Crippen molar-refractivity contribution in [1.29, 1.82) is 0 Å². The number of carbonyl (C=O) groups excluding carboxylic acids is 1. The Morgan fingerprint density at radius 2 is 1.79 bits per heavy atom. The highest BCUT2D eigenvalue weighted by Gasteiger charge is 2.39. The van der Waals surface area contributed by atoms with E-state index in [4.69, 9.17) is 14.3 Å². The first-order valence-corrected chi connectivity index (χ1v) is 10.4. The van der Waals surface area contributed by atoms with Crippen molar-refractivity contribution < 1.29 is 32.3 Å². The lowest BCUT2D eigenvalue weighted by Crippen LogP contribution is -2.64. The van der Waals surface area contributed by atoms with Crippen molar-refractivity contribution in [2.24, 2.45) is 7.05 Å². The van der Waals surface area contributed by atoms with Gasteiger partial charge in [0.2, 0.25) is 5.71 Å². The first-order valence-electron chi connectivity index (χ1n) is 10.4. The van der Waals surface area contributed by atoms with E-state index in [1.54, 1.807) is 18.9 Å². The molecule has 2 aliphatic rings. The molecular weight excluding hydrogens is 447 g/mol. The van der Waals surface area contributed by atoms with E-state index in [-0.39, 0.29) is 22.6 Å². The van der Waals surface area contributed by atoms with E-state index in [0.29, 0.717) is 30.5 Å². The van der Waals surface area contributed by atoms with Crippen molar-refractivity contribution >= 4 is 23.0 Å². The number of likely N-dealkylation sites (N-methyl/N-ethyl adjacent to an activating group) is 1. The molecule has 2 fully saturated rings. The molecule has 182 valence electrons. The molecule has 13 heteroatoms. The van der Waals surface area contributed by atoms with Gasteiger partial charge in [-0.25, -0.2) is 9.78 Å². The van der Waals surface area contributed by atoms with Crippen LogP contribution < -0.4 is 5.56 Å². The first-order chi connectivity index (χ1) is 15.4. The second-order valence-electron chi connectivity index (χ2n) is 8.01. The highest BCUT2D eigenvalue weighted by molar-refractivity contribution is 6.06. The number of carboxylic acids is 1. The third-order valence-corrected chi connectivity index (χ3v) is 5.92. The summed E-state index contributed by atoms with van der Waals surface area (Å²) < 4.78 is 38.7. The molecule has 2 aliphatic heterocycles. The fourth-order valence-electron chi connectivity index (χ4n) is 3.90. The SMILES string of the molecule is CCN1CCN(C2CN(C(=O)c3c(C)oc4ncn(C)c(=O)c34)C2)CC1.O=C(O)C(F)(F)F. The van der Waals surface area contributed by atoms with Crippen LogP contribution in [0.5, 0.6) is 0 Å². The van der Waals surface area contributed by atoms with Gasteiger partial charge in [-0.3, -0.25) is 14.5 Å². The summed E-state index contributed by atoms with van der Waals surface area (Å²) in [5, 5.41) is 7.41. The summed E-state index contributed by atoms with van der Waals surface area (Å²) in [6.07, 6.45) is -3.67. The molecule has 0 radical (unpaired) electrons. The number of halogens is 3. The minimum absolute atomic E-state index is 0.130. The Bertz CT molecular complexity index is 1080. The zero-order chi connectivity index (χ0) is 24.5. The van der Waals surface area contributed by atoms with Gasteiger partial charge in [-0.15, -0.1) is 0 Å². The second-order valence-corrected chi connectivity index (χ2v) is 8.01. The van der Waals surface area contributed by atoms with Crippen LogP contribution in [0.1, 0.15) is 23.0 Å². The van der Waals surface area contributed by atoms with Gasteiger partial charge >= 0.3 is 12.1 Å². The van der Waals surface area contributed by atoms with Crippen molar-refractivity contribution in [3.8, 4) is 0 Å². The lowest BCUT2D eigenvalue weighted by Gasteiger charge is -2.48. The van der Waals surface area contributed by atoms with Gasteiger partial charge in [-0.1, -0.05) is 6.92 Å². The van der Waals surface area contributed by atoms with E-state index in [0.717, 1.165) is 32.7 Å². The molecular formula is C20H26F3N5O5. The third kappa shape index (κ3) is 5.19. The number of hydrogen-bond acceptors (Lipinski definition) is 7. The molecule has 1 N–H and O–H groups in total. The van der Waals surface area contributed by atoms with Crippen molar-refractivity contribution in [2.45, 2.75) is 26.1 Å². The van der Waals surface area contributed by atoms with Gasteiger partial charge in [0.25, 0.3) is 11.5 Å². The van der Waals surface area contributed by atoms with Crippen LogP contribution in [0.4, 0.5) is 13.2 Å². The van der Waals surface area contributed by atoms with Crippen LogP contribution in [0.25, 0.3) is 11.1 Å². The Kier molecular flexibility index (Phi) is 7.12. The topological polar surface area (TPSA) is 112 Å². The number of aryl methyl sites for hydroxylation is 2. The summed E-state index contributed by atoms with van der Waals surface area (Å²) in [5.74, 6) is -2.43. The predicted molar refractivity (Wildman–Crippen MR) is 111 cm³/mol. The number of likely N-dealkylation sites (tertiary alicyclic amines) is 1. The van der Waals surface area contributed by atoms with E-state index < -0.39 is 12.1 Å². The molecule has 33 heavy (non-hydrogen) atoms. The van der Waals surface area contributed by atoms with E-state index in [1.165, 1.54) is 10.9 Å². The van der Waals surface area contributed by atoms with Gasteiger partial charge < -0.3 is 23.9 Å². The van der Waals surface area contributed by atoms with Crippen LogP contribution >= 0.6 is 0 Å². The van der Waals surface area contributed by atoms with E-state index in [2.05, 4.69) is 21.7 Å². The number of piperazine rings is 1. The maximum absolute atomic E-state index is 13.0. The van der Waals surface area contributed by atoms with Gasteiger partial charge in [0.15, 0.2) is 0 Å². The minimum atomic E-state index is -5.08. The highest BCUT2D eigenvalue weighted by Crippen LogP contribution is 2.26. The number of furan rings is 1. The van der Waals surface area contributed by atoms with Gasteiger partial charge in [0.1, 0.15) is 17.5 Å². The summed E-state index contributed by atoms with van der Waals surface area (Å²) in [6, 6.07) is 0.414.